The van der Waals surface area contributed by atoms with Crippen LogP contribution in [0.1, 0.15) is 37.8 Å². The Balaban J connectivity index is 0.000000771. The molecule has 1 saturated heterocycles. The van der Waals surface area contributed by atoms with Gasteiger partial charge in [0.15, 0.2) is 0 Å². The van der Waals surface area contributed by atoms with Crippen molar-refractivity contribution in [3.05, 3.63) is 35.4 Å². The molecule has 0 unspecified atom stereocenters. The second kappa shape index (κ2) is 8.68. The molecule has 1 heterocycles. The molecular formula is C15H21NO2. The van der Waals surface area contributed by atoms with Gasteiger partial charge in [0, 0.05) is 13.2 Å². The third-order valence-electron chi connectivity index (χ3n) is 2.74. The third kappa shape index (κ3) is 4.87. The van der Waals surface area contributed by atoms with E-state index in [1.165, 1.54) is 0 Å². The fourth-order valence-corrected chi connectivity index (χ4v) is 1.73. The summed E-state index contributed by atoms with van der Waals surface area (Å²) >= 11 is 0. The summed E-state index contributed by atoms with van der Waals surface area (Å²) in [6.45, 7) is 6.23. The Bertz CT molecular complexity index is 361. The molecule has 0 spiro atoms. The number of nitriles is 1. The molecule has 0 aromatic heterocycles. The summed E-state index contributed by atoms with van der Waals surface area (Å²) in [4.78, 5) is 0. The van der Waals surface area contributed by atoms with Gasteiger partial charge in [-0.2, -0.15) is 5.26 Å². The molecule has 1 fully saturated rings. The molecule has 98 valence electrons. The SMILES string of the molecule is CC.N#Cc1ccc(COC2CCOCC2)cc1. The van der Waals surface area contributed by atoms with Crippen molar-refractivity contribution < 1.29 is 9.47 Å². The highest BCUT2D eigenvalue weighted by Crippen LogP contribution is 2.13. The average Bonchev–Trinajstić information content (AvgIpc) is 2.49. The number of rotatable bonds is 3. The van der Waals surface area contributed by atoms with E-state index in [-0.39, 0.29) is 0 Å². The third-order valence-corrected chi connectivity index (χ3v) is 2.74. The van der Waals surface area contributed by atoms with Gasteiger partial charge in [0.2, 0.25) is 0 Å². The molecule has 0 radical (unpaired) electrons. The zero-order chi connectivity index (χ0) is 13.2. The summed E-state index contributed by atoms with van der Waals surface area (Å²) in [5, 5.41) is 8.67. The van der Waals surface area contributed by atoms with Crippen molar-refractivity contribution in [2.24, 2.45) is 0 Å². The smallest absolute Gasteiger partial charge is 0.0991 e. The molecule has 0 aliphatic carbocycles. The fraction of sp³-hybridized carbons (Fsp3) is 0.533. The van der Waals surface area contributed by atoms with Crippen LogP contribution in [0.2, 0.25) is 0 Å². The van der Waals surface area contributed by atoms with Crippen LogP contribution < -0.4 is 0 Å². The van der Waals surface area contributed by atoms with Gasteiger partial charge in [0.25, 0.3) is 0 Å². The quantitative estimate of drug-likeness (QED) is 0.823. The van der Waals surface area contributed by atoms with Crippen molar-refractivity contribution in [2.75, 3.05) is 13.2 Å². The molecule has 1 aliphatic heterocycles. The van der Waals surface area contributed by atoms with Crippen LogP contribution in [0.5, 0.6) is 0 Å². The second-order valence-electron chi connectivity index (χ2n) is 3.93. The molecule has 1 aromatic rings. The van der Waals surface area contributed by atoms with E-state index in [9.17, 15) is 0 Å². The van der Waals surface area contributed by atoms with Crippen LogP contribution in [-0.4, -0.2) is 19.3 Å². The molecule has 18 heavy (non-hydrogen) atoms. The van der Waals surface area contributed by atoms with Crippen molar-refractivity contribution in [2.45, 2.75) is 39.4 Å². The van der Waals surface area contributed by atoms with Gasteiger partial charge in [0.05, 0.1) is 24.3 Å². The van der Waals surface area contributed by atoms with E-state index in [0.29, 0.717) is 18.3 Å². The lowest BCUT2D eigenvalue weighted by Crippen LogP contribution is -2.23. The number of hydrogen-bond acceptors (Lipinski definition) is 3. The van der Waals surface area contributed by atoms with E-state index >= 15 is 0 Å². The maximum absolute atomic E-state index is 8.67. The Morgan fingerprint density at radius 1 is 1.22 bits per heavy atom. The molecule has 1 aromatic carbocycles. The van der Waals surface area contributed by atoms with E-state index in [1.807, 2.05) is 38.1 Å². The van der Waals surface area contributed by atoms with Gasteiger partial charge in [-0.05, 0) is 30.5 Å². The maximum atomic E-state index is 8.67. The van der Waals surface area contributed by atoms with Crippen molar-refractivity contribution >= 4 is 0 Å². The molecule has 3 nitrogen and oxygen atoms in total. The maximum Gasteiger partial charge on any atom is 0.0991 e. The van der Waals surface area contributed by atoms with Gasteiger partial charge in [-0.25, -0.2) is 0 Å². The Labute approximate surface area is 109 Å². The summed E-state index contributed by atoms with van der Waals surface area (Å²) in [5.74, 6) is 0. The minimum atomic E-state index is 0.324. The predicted molar refractivity (Wildman–Crippen MR) is 71.1 cm³/mol. The van der Waals surface area contributed by atoms with Gasteiger partial charge in [-0.3, -0.25) is 0 Å². The summed E-state index contributed by atoms with van der Waals surface area (Å²) < 4.78 is 11.0. The van der Waals surface area contributed by atoms with Gasteiger partial charge in [-0.15, -0.1) is 0 Å². The monoisotopic (exact) mass is 247 g/mol. The summed E-state index contributed by atoms with van der Waals surface area (Å²) in [5.41, 5.74) is 1.81. The molecule has 0 atom stereocenters. The fourth-order valence-electron chi connectivity index (χ4n) is 1.73. The molecule has 1 aliphatic rings. The predicted octanol–water partition coefficient (Wildman–Crippen LogP) is 3.28. The van der Waals surface area contributed by atoms with E-state index in [0.717, 1.165) is 31.6 Å². The zero-order valence-corrected chi connectivity index (χ0v) is 11.2. The molecule has 0 saturated carbocycles. The Kier molecular flexibility index (Phi) is 7.09. The van der Waals surface area contributed by atoms with E-state index in [2.05, 4.69) is 6.07 Å². The minimum Gasteiger partial charge on any atom is -0.381 e. The van der Waals surface area contributed by atoms with Crippen molar-refractivity contribution in [3.8, 4) is 6.07 Å². The van der Waals surface area contributed by atoms with Crippen molar-refractivity contribution in [3.63, 3.8) is 0 Å². The Hall–Kier alpha value is -1.37. The zero-order valence-electron chi connectivity index (χ0n) is 11.2. The normalized spacial score (nSPS) is 15.4. The number of hydrogen-bond donors (Lipinski definition) is 0. The van der Waals surface area contributed by atoms with Gasteiger partial charge in [0.1, 0.15) is 0 Å². The van der Waals surface area contributed by atoms with Crippen LogP contribution in [0.15, 0.2) is 24.3 Å². The minimum absolute atomic E-state index is 0.324. The van der Waals surface area contributed by atoms with Crippen molar-refractivity contribution in [1.29, 1.82) is 5.26 Å². The molecule has 0 bridgehead atoms. The standard InChI is InChI=1S/C13H15NO2.C2H6/c14-9-11-1-3-12(4-2-11)10-16-13-5-7-15-8-6-13;1-2/h1-4,13H,5-8,10H2;1-2H3. The van der Waals surface area contributed by atoms with Gasteiger partial charge >= 0.3 is 0 Å². The molecule has 0 N–H and O–H groups in total. The Morgan fingerprint density at radius 3 is 2.39 bits per heavy atom. The lowest BCUT2D eigenvalue weighted by atomic mass is 10.1. The Morgan fingerprint density at radius 2 is 1.83 bits per heavy atom. The lowest BCUT2D eigenvalue weighted by molar-refractivity contribution is -0.0390. The first-order chi connectivity index (χ1) is 8.88. The largest absolute Gasteiger partial charge is 0.381 e. The first kappa shape index (κ1) is 14.7. The summed E-state index contributed by atoms with van der Waals surface area (Å²) in [6, 6.07) is 9.63. The van der Waals surface area contributed by atoms with Crippen LogP contribution >= 0.6 is 0 Å². The number of ether oxygens (including phenoxy) is 2. The van der Waals surface area contributed by atoms with Crippen LogP contribution in [-0.2, 0) is 16.1 Å². The molecule has 3 heteroatoms. The summed E-state index contributed by atoms with van der Waals surface area (Å²) in [7, 11) is 0. The van der Waals surface area contributed by atoms with E-state index < -0.39 is 0 Å². The van der Waals surface area contributed by atoms with E-state index in [4.69, 9.17) is 14.7 Å². The number of nitrogens with zero attached hydrogens (tertiary/aromatic N) is 1. The van der Waals surface area contributed by atoms with Gasteiger partial charge < -0.3 is 9.47 Å². The highest BCUT2D eigenvalue weighted by Gasteiger charge is 2.13. The molecule has 0 amide bonds. The first-order valence-corrected chi connectivity index (χ1v) is 6.57. The van der Waals surface area contributed by atoms with Crippen LogP contribution in [0.25, 0.3) is 0 Å². The van der Waals surface area contributed by atoms with Crippen LogP contribution in [0, 0.1) is 11.3 Å². The first-order valence-electron chi connectivity index (χ1n) is 6.57. The van der Waals surface area contributed by atoms with Crippen LogP contribution in [0.3, 0.4) is 0 Å². The number of benzene rings is 1. The molecule has 2 rings (SSSR count). The second-order valence-corrected chi connectivity index (χ2v) is 3.93. The highest BCUT2D eigenvalue weighted by molar-refractivity contribution is 5.31. The summed E-state index contributed by atoms with van der Waals surface area (Å²) in [6.07, 6.45) is 2.29. The van der Waals surface area contributed by atoms with Crippen molar-refractivity contribution in [1.82, 2.24) is 0 Å². The van der Waals surface area contributed by atoms with Crippen LogP contribution in [0.4, 0.5) is 0 Å². The van der Waals surface area contributed by atoms with E-state index in [1.54, 1.807) is 0 Å². The van der Waals surface area contributed by atoms with Gasteiger partial charge in [-0.1, -0.05) is 26.0 Å². The molecular weight excluding hydrogens is 226 g/mol. The topological polar surface area (TPSA) is 42.2 Å². The lowest BCUT2D eigenvalue weighted by Gasteiger charge is -2.22. The average molecular weight is 247 g/mol. The highest BCUT2D eigenvalue weighted by atomic mass is 16.5.